The van der Waals surface area contributed by atoms with Crippen molar-refractivity contribution in [3.05, 3.63) is 29.6 Å². The molecule has 0 aromatic carbocycles. The van der Waals surface area contributed by atoms with Gasteiger partial charge in [0.2, 0.25) is 0 Å². The van der Waals surface area contributed by atoms with E-state index in [1.165, 1.54) is 16.8 Å². The van der Waals surface area contributed by atoms with Crippen molar-refractivity contribution in [3.63, 3.8) is 0 Å². The number of carbonyl (C=O) groups is 1. The summed E-state index contributed by atoms with van der Waals surface area (Å²) in [6, 6.07) is 0. The Kier molecular flexibility index (Phi) is 5.73. The molecule has 1 aliphatic heterocycles. The number of morpholine rings is 1. The molecule has 1 N–H and O–H groups in total. The SMILES string of the molecule is C=C1CC[C@H]2[C@H](OC(C)=O)[C@@H]([C@@]3(C)Cc4cn[nH]c4C[C@@H]3CN3CCOCC3)CC[C@]12C. The highest BCUT2D eigenvalue weighted by Crippen LogP contribution is 2.61. The number of hydrogen-bond donors (Lipinski definition) is 1. The van der Waals surface area contributed by atoms with Crippen LogP contribution in [0.5, 0.6) is 0 Å². The number of aromatic nitrogens is 2. The third kappa shape index (κ3) is 3.63. The summed E-state index contributed by atoms with van der Waals surface area (Å²) in [7, 11) is 0. The van der Waals surface area contributed by atoms with Crippen molar-refractivity contribution in [1.82, 2.24) is 15.1 Å². The molecule has 1 aromatic heterocycles. The van der Waals surface area contributed by atoms with E-state index in [1.807, 2.05) is 6.20 Å². The van der Waals surface area contributed by atoms with Crippen molar-refractivity contribution in [1.29, 1.82) is 0 Å². The van der Waals surface area contributed by atoms with Gasteiger partial charge in [-0.1, -0.05) is 26.0 Å². The largest absolute Gasteiger partial charge is 0.462 e. The van der Waals surface area contributed by atoms with Crippen LogP contribution in [0.1, 0.15) is 57.7 Å². The van der Waals surface area contributed by atoms with Crippen LogP contribution in [0.3, 0.4) is 0 Å². The molecule has 1 saturated heterocycles. The number of nitrogens with one attached hydrogen (secondary N) is 1. The maximum absolute atomic E-state index is 12.3. The summed E-state index contributed by atoms with van der Waals surface area (Å²) >= 11 is 0. The minimum atomic E-state index is -0.144. The zero-order chi connectivity index (χ0) is 22.5. The highest BCUT2D eigenvalue weighted by atomic mass is 16.5. The summed E-state index contributed by atoms with van der Waals surface area (Å²) in [5.74, 6) is 1.08. The van der Waals surface area contributed by atoms with Gasteiger partial charge in [-0.15, -0.1) is 0 Å². The fourth-order valence-corrected chi connectivity index (χ4v) is 7.55. The molecule has 176 valence electrons. The lowest BCUT2D eigenvalue weighted by Gasteiger charge is -2.55. The summed E-state index contributed by atoms with van der Waals surface area (Å²) in [6.07, 6.45) is 8.39. The lowest BCUT2D eigenvalue weighted by molar-refractivity contribution is -0.170. The van der Waals surface area contributed by atoms with Crippen LogP contribution in [-0.4, -0.2) is 60.0 Å². The molecule has 3 aliphatic carbocycles. The molecule has 32 heavy (non-hydrogen) atoms. The van der Waals surface area contributed by atoms with Crippen molar-refractivity contribution >= 4 is 5.97 Å². The van der Waals surface area contributed by atoms with Gasteiger partial charge in [0.1, 0.15) is 6.10 Å². The van der Waals surface area contributed by atoms with Crippen LogP contribution in [0, 0.1) is 28.6 Å². The van der Waals surface area contributed by atoms with Gasteiger partial charge in [0.05, 0.1) is 19.4 Å². The number of hydrogen-bond acceptors (Lipinski definition) is 5. The Balaban J connectivity index is 1.49. The normalized spacial score (nSPS) is 40.0. The second-order valence-electron chi connectivity index (χ2n) is 11.3. The van der Waals surface area contributed by atoms with Gasteiger partial charge in [-0.05, 0) is 60.8 Å². The number of rotatable bonds is 4. The molecule has 6 atom stereocenters. The minimum absolute atomic E-state index is 0.0314. The zero-order valence-corrected chi connectivity index (χ0v) is 20.0. The van der Waals surface area contributed by atoms with Crippen molar-refractivity contribution in [2.75, 3.05) is 32.8 Å². The molecule has 0 unspecified atom stereocenters. The van der Waals surface area contributed by atoms with Crippen molar-refractivity contribution < 1.29 is 14.3 Å². The lowest BCUT2D eigenvalue weighted by Crippen LogP contribution is -2.56. The summed E-state index contributed by atoms with van der Waals surface area (Å²) in [6.45, 7) is 15.5. The number of ether oxygens (including phenoxy) is 2. The van der Waals surface area contributed by atoms with E-state index in [0.717, 1.165) is 71.4 Å². The van der Waals surface area contributed by atoms with E-state index in [4.69, 9.17) is 9.47 Å². The molecule has 0 spiro atoms. The Hall–Kier alpha value is -1.66. The number of allylic oxidation sites excluding steroid dienone is 1. The Bertz CT molecular complexity index is 875. The first-order valence-corrected chi connectivity index (χ1v) is 12.5. The summed E-state index contributed by atoms with van der Waals surface area (Å²) in [4.78, 5) is 14.9. The Morgan fingerprint density at radius 3 is 2.84 bits per heavy atom. The lowest BCUT2D eigenvalue weighted by atomic mass is 9.52. The molecular weight excluding hydrogens is 402 g/mol. The second kappa shape index (κ2) is 8.28. The zero-order valence-electron chi connectivity index (χ0n) is 20.0. The van der Waals surface area contributed by atoms with Crippen LogP contribution in [0.25, 0.3) is 0 Å². The van der Waals surface area contributed by atoms with E-state index in [2.05, 4.69) is 35.5 Å². The molecule has 0 radical (unpaired) electrons. The van der Waals surface area contributed by atoms with Crippen LogP contribution in [0.4, 0.5) is 0 Å². The average Bonchev–Trinajstić information content (AvgIpc) is 3.32. The van der Waals surface area contributed by atoms with Gasteiger partial charge in [-0.25, -0.2) is 0 Å². The average molecular weight is 442 g/mol. The van der Waals surface area contributed by atoms with Crippen LogP contribution in [-0.2, 0) is 27.1 Å². The topological polar surface area (TPSA) is 67.5 Å². The van der Waals surface area contributed by atoms with E-state index in [0.29, 0.717) is 17.8 Å². The maximum Gasteiger partial charge on any atom is 0.302 e. The van der Waals surface area contributed by atoms with Gasteiger partial charge in [0.25, 0.3) is 0 Å². The van der Waals surface area contributed by atoms with E-state index in [9.17, 15) is 4.79 Å². The van der Waals surface area contributed by atoms with E-state index in [1.54, 1.807) is 6.92 Å². The fourth-order valence-electron chi connectivity index (χ4n) is 7.55. The number of aromatic amines is 1. The molecule has 0 bridgehead atoms. The van der Waals surface area contributed by atoms with Gasteiger partial charge in [-0.2, -0.15) is 5.10 Å². The minimum Gasteiger partial charge on any atom is -0.462 e. The fraction of sp³-hybridized carbons (Fsp3) is 0.769. The number of fused-ring (bicyclic) bond motifs is 2. The first-order valence-electron chi connectivity index (χ1n) is 12.5. The highest BCUT2D eigenvalue weighted by molar-refractivity contribution is 5.66. The van der Waals surface area contributed by atoms with Crippen molar-refractivity contribution in [3.8, 4) is 0 Å². The predicted molar refractivity (Wildman–Crippen MR) is 123 cm³/mol. The van der Waals surface area contributed by atoms with Crippen LogP contribution < -0.4 is 0 Å². The summed E-state index contributed by atoms with van der Waals surface area (Å²) < 4.78 is 11.8. The Morgan fingerprint density at radius 2 is 2.09 bits per heavy atom. The quantitative estimate of drug-likeness (QED) is 0.569. The maximum atomic E-state index is 12.3. The molecule has 2 saturated carbocycles. The number of H-pyrrole nitrogens is 1. The summed E-state index contributed by atoms with van der Waals surface area (Å²) in [5.41, 5.74) is 4.15. The van der Waals surface area contributed by atoms with Crippen molar-refractivity contribution in [2.45, 2.75) is 65.4 Å². The predicted octanol–water partition coefficient (Wildman–Crippen LogP) is 3.78. The molecule has 6 heteroatoms. The van der Waals surface area contributed by atoms with Crippen LogP contribution in [0.15, 0.2) is 18.3 Å². The van der Waals surface area contributed by atoms with E-state index < -0.39 is 0 Å². The molecule has 5 rings (SSSR count). The molecule has 3 fully saturated rings. The molecule has 1 aromatic rings. The summed E-state index contributed by atoms with van der Waals surface area (Å²) in [5, 5.41) is 7.65. The molecule has 6 nitrogen and oxygen atoms in total. The van der Waals surface area contributed by atoms with Gasteiger partial charge in [0, 0.05) is 44.1 Å². The number of esters is 1. The van der Waals surface area contributed by atoms with Crippen LogP contribution >= 0.6 is 0 Å². The monoisotopic (exact) mass is 441 g/mol. The van der Waals surface area contributed by atoms with E-state index >= 15 is 0 Å². The standard InChI is InChI=1S/C26H39N3O3/c1-17-5-6-21-24(32-18(2)30)22(7-8-25(17,21)3)26(4)14-19-15-27-28-23(19)13-20(26)16-29-9-11-31-12-10-29/h15,20-22,24H,1,5-14,16H2,2-4H3,(H,27,28)/t20-,21+,22+,24+,25-,26+/m1/s1. The van der Waals surface area contributed by atoms with E-state index in [-0.39, 0.29) is 22.9 Å². The van der Waals surface area contributed by atoms with Crippen molar-refractivity contribution in [2.24, 2.45) is 28.6 Å². The highest BCUT2D eigenvalue weighted by Gasteiger charge is 2.58. The molecule has 0 amide bonds. The molecular formula is C26H39N3O3. The van der Waals surface area contributed by atoms with Gasteiger partial charge in [-0.3, -0.25) is 14.8 Å². The van der Waals surface area contributed by atoms with Gasteiger partial charge < -0.3 is 9.47 Å². The third-order valence-corrected chi connectivity index (χ3v) is 9.64. The Morgan fingerprint density at radius 1 is 1.31 bits per heavy atom. The third-order valence-electron chi connectivity index (χ3n) is 9.64. The van der Waals surface area contributed by atoms with Crippen LogP contribution in [0.2, 0.25) is 0 Å². The second-order valence-corrected chi connectivity index (χ2v) is 11.3. The first-order chi connectivity index (χ1) is 15.3. The van der Waals surface area contributed by atoms with Gasteiger partial charge in [0.15, 0.2) is 0 Å². The number of carbonyl (C=O) groups excluding carboxylic acids is 1. The molecule has 4 aliphatic rings. The first kappa shape index (κ1) is 22.1. The Labute approximate surface area is 192 Å². The molecule has 2 heterocycles. The smallest absolute Gasteiger partial charge is 0.302 e. The number of nitrogens with zero attached hydrogens (tertiary/aromatic N) is 2. The van der Waals surface area contributed by atoms with Gasteiger partial charge >= 0.3 is 5.97 Å².